The van der Waals surface area contributed by atoms with E-state index in [9.17, 15) is 4.79 Å². The minimum atomic E-state index is 0. The molecule has 1 saturated heterocycles. The lowest BCUT2D eigenvalue weighted by atomic mass is 10.2. The average Bonchev–Trinajstić information content (AvgIpc) is 3.10. The van der Waals surface area contributed by atoms with E-state index in [2.05, 4.69) is 24.1 Å². The molecule has 2 aromatic rings. The van der Waals surface area contributed by atoms with Crippen LogP contribution in [0.15, 0.2) is 29.6 Å². The number of thiazole rings is 1. The Morgan fingerprint density at radius 3 is 2.84 bits per heavy atom. The third-order valence-corrected chi connectivity index (χ3v) is 4.95. The predicted molar refractivity (Wildman–Crippen MR) is 104 cm³/mol. The first-order chi connectivity index (χ1) is 11.7. The Kier molecular flexibility index (Phi) is 7.23. The fraction of sp³-hybridized carbons (Fsp3) is 0.444. The van der Waals surface area contributed by atoms with Crippen LogP contribution in [0.5, 0.6) is 5.75 Å². The van der Waals surface area contributed by atoms with Gasteiger partial charge in [0.2, 0.25) is 0 Å². The van der Waals surface area contributed by atoms with Crippen molar-refractivity contribution in [3.8, 4) is 16.3 Å². The summed E-state index contributed by atoms with van der Waals surface area (Å²) in [7, 11) is 0. The van der Waals surface area contributed by atoms with Gasteiger partial charge in [-0.2, -0.15) is 0 Å². The Hall–Kier alpha value is -1.63. The molecule has 1 aromatic carbocycles. The van der Waals surface area contributed by atoms with Crippen molar-refractivity contribution in [1.82, 2.24) is 15.2 Å². The van der Waals surface area contributed by atoms with Crippen molar-refractivity contribution in [1.29, 1.82) is 0 Å². The second-order valence-corrected chi connectivity index (χ2v) is 6.82. The summed E-state index contributed by atoms with van der Waals surface area (Å²) >= 11 is 1.50. The van der Waals surface area contributed by atoms with E-state index in [1.54, 1.807) is 0 Å². The topological polar surface area (TPSA) is 54.5 Å². The number of nitrogens with zero attached hydrogens (tertiary/aromatic N) is 2. The number of hydrogen-bond donors (Lipinski definition) is 1. The van der Waals surface area contributed by atoms with Gasteiger partial charge in [-0.05, 0) is 37.6 Å². The van der Waals surface area contributed by atoms with Crippen LogP contribution in [0.2, 0.25) is 0 Å². The molecule has 2 heterocycles. The first-order valence-electron chi connectivity index (χ1n) is 8.39. The number of benzene rings is 1. The summed E-state index contributed by atoms with van der Waals surface area (Å²) in [5, 5.41) is 6.02. The molecule has 0 aliphatic carbocycles. The number of carbonyl (C=O) groups is 1. The van der Waals surface area contributed by atoms with Gasteiger partial charge in [-0.15, -0.1) is 23.7 Å². The Morgan fingerprint density at radius 1 is 1.40 bits per heavy atom. The molecule has 0 radical (unpaired) electrons. The van der Waals surface area contributed by atoms with E-state index >= 15 is 0 Å². The maximum absolute atomic E-state index is 12.6. The van der Waals surface area contributed by atoms with Crippen LogP contribution in [0, 0.1) is 0 Å². The smallest absolute Gasteiger partial charge is 0.273 e. The van der Waals surface area contributed by atoms with Crippen LogP contribution in [-0.4, -0.2) is 48.1 Å². The van der Waals surface area contributed by atoms with Crippen LogP contribution in [0.4, 0.5) is 0 Å². The Balaban J connectivity index is 0.00000225. The van der Waals surface area contributed by atoms with E-state index in [1.165, 1.54) is 11.3 Å². The maximum Gasteiger partial charge on any atom is 0.273 e. The number of nitrogens with one attached hydrogen (secondary N) is 1. The summed E-state index contributed by atoms with van der Waals surface area (Å²) in [5.74, 6) is 0.887. The van der Waals surface area contributed by atoms with Crippen LogP contribution in [0.1, 0.15) is 30.8 Å². The number of halogens is 1. The van der Waals surface area contributed by atoms with E-state index in [0.717, 1.165) is 49.0 Å². The molecule has 1 fully saturated rings. The zero-order valence-electron chi connectivity index (χ0n) is 14.5. The molecule has 25 heavy (non-hydrogen) atoms. The number of hydrogen-bond acceptors (Lipinski definition) is 5. The molecule has 1 aliphatic rings. The Morgan fingerprint density at radius 2 is 2.16 bits per heavy atom. The number of carbonyl (C=O) groups excluding carboxylic acids is 1. The molecule has 1 amide bonds. The summed E-state index contributed by atoms with van der Waals surface area (Å²) < 4.78 is 5.60. The highest BCUT2D eigenvalue weighted by Crippen LogP contribution is 2.26. The fourth-order valence-electron chi connectivity index (χ4n) is 2.71. The second kappa shape index (κ2) is 9.17. The first kappa shape index (κ1) is 19.7. The van der Waals surface area contributed by atoms with Crippen LogP contribution >= 0.6 is 23.7 Å². The molecular weight excluding hydrogens is 358 g/mol. The van der Waals surface area contributed by atoms with Crippen LogP contribution in [-0.2, 0) is 0 Å². The van der Waals surface area contributed by atoms with Crippen molar-refractivity contribution >= 4 is 29.7 Å². The van der Waals surface area contributed by atoms with Crippen molar-refractivity contribution in [2.75, 3.05) is 26.2 Å². The molecule has 136 valence electrons. The monoisotopic (exact) mass is 381 g/mol. The average molecular weight is 382 g/mol. The summed E-state index contributed by atoms with van der Waals surface area (Å²) in [6.07, 6.45) is 0.990. The zero-order chi connectivity index (χ0) is 16.9. The molecule has 0 saturated carbocycles. The normalized spacial score (nSPS) is 17.0. The molecule has 7 heteroatoms. The molecule has 0 unspecified atom stereocenters. The van der Waals surface area contributed by atoms with E-state index in [-0.39, 0.29) is 24.4 Å². The predicted octanol–water partition coefficient (Wildman–Crippen LogP) is 3.45. The largest absolute Gasteiger partial charge is 0.494 e. The van der Waals surface area contributed by atoms with Gasteiger partial charge in [0.1, 0.15) is 16.5 Å². The third-order valence-electron chi connectivity index (χ3n) is 4.06. The number of rotatable bonds is 5. The van der Waals surface area contributed by atoms with Gasteiger partial charge in [0.25, 0.3) is 5.91 Å². The lowest BCUT2D eigenvalue weighted by Crippen LogP contribution is -2.52. The van der Waals surface area contributed by atoms with Crippen LogP contribution in [0.25, 0.3) is 10.6 Å². The van der Waals surface area contributed by atoms with Gasteiger partial charge in [-0.25, -0.2) is 4.98 Å². The standard InChI is InChI=1S/C18H23N3O2S.ClH/c1-3-10-23-15-6-4-14(5-7-15)17-20-16(12-24-17)18(22)21-9-8-19-11-13(21)2;/h4-7,12-13,19H,3,8-11H2,1-2H3;1H/t13-;/m0./s1. The quantitative estimate of drug-likeness (QED) is 0.861. The minimum absolute atomic E-state index is 0. The summed E-state index contributed by atoms with van der Waals surface area (Å²) in [6, 6.07) is 8.08. The molecule has 3 rings (SSSR count). The van der Waals surface area contributed by atoms with E-state index in [0.29, 0.717) is 5.69 Å². The highest BCUT2D eigenvalue weighted by atomic mass is 35.5. The number of amides is 1. The highest BCUT2D eigenvalue weighted by Gasteiger charge is 2.25. The summed E-state index contributed by atoms with van der Waals surface area (Å²) in [4.78, 5) is 19.1. The van der Waals surface area contributed by atoms with Gasteiger partial charge >= 0.3 is 0 Å². The van der Waals surface area contributed by atoms with Crippen molar-refractivity contribution < 1.29 is 9.53 Å². The molecule has 0 spiro atoms. The van der Waals surface area contributed by atoms with Crippen molar-refractivity contribution in [2.45, 2.75) is 26.3 Å². The van der Waals surface area contributed by atoms with Crippen molar-refractivity contribution in [3.63, 3.8) is 0 Å². The van der Waals surface area contributed by atoms with Gasteiger partial charge in [-0.3, -0.25) is 4.79 Å². The molecule has 1 atom stereocenters. The van der Waals surface area contributed by atoms with Gasteiger partial charge in [0, 0.05) is 36.6 Å². The van der Waals surface area contributed by atoms with E-state index < -0.39 is 0 Å². The number of aromatic nitrogens is 1. The van der Waals surface area contributed by atoms with Crippen molar-refractivity contribution in [3.05, 3.63) is 35.3 Å². The SMILES string of the molecule is CCCOc1ccc(-c2nc(C(=O)N3CCNC[C@@H]3C)cs2)cc1.Cl. The number of piperazine rings is 1. The van der Waals surface area contributed by atoms with Gasteiger partial charge in [0.05, 0.1) is 6.61 Å². The van der Waals surface area contributed by atoms with E-state index in [1.807, 2.05) is 34.5 Å². The lowest BCUT2D eigenvalue weighted by molar-refractivity contribution is 0.0650. The molecule has 5 nitrogen and oxygen atoms in total. The first-order valence-corrected chi connectivity index (χ1v) is 9.27. The van der Waals surface area contributed by atoms with Crippen molar-refractivity contribution in [2.24, 2.45) is 0 Å². The fourth-order valence-corrected chi connectivity index (χ4v) is 3.51. The lowest BCUT2D eigenvalue weighted by Gasteiger charge is -2.33. The third kappa shape index (κ3) is 4.71. The maximum atomic E-state index is 12.6. The molecule has 1 aromatic heterocycles. The molecule has 1 N–H and O–H groups in total. The highest BCUT2D eigenvalue weighted by molar-refractivity contribution is 7.13. The van der Waals surface area contributed by atoms with E-state index in [4.69, 9.17) is 4.74 Å². The molecule has 0 bridgehead atoms. The summed E-state index contributed by atoms with van der Waals surface area (Å²) in [5.41, 5.74) is 1.55. The second-order valence-electron chi connectivity index (χ2n) is 5.96. The van der Waals surface area contributed by atoms with Crippen LogP contribution < -0.4 is 10.1 Å². The minimum Gasteiger partial charge on any atom is -0.494 e. The van der Waals surface area contributed by atoms with Gasteiger partial charge in [-0.1, -0.05) is 6.92 Å². The number of ether oxygens (including phenoxy) is 1. The Labute approximate surface area is 158 Å². The zero-order valence-corrected chi connectivity index (χ0v) is 16.2. The van der Waals surface area contributed by atoms with Gasteiger partial charge < -0.3 is 15.0 Å². The molecular formula is C18H24ClN3O2S. The van der Waals surface area contributed by atoms with Gasteiger partial charge in [0.15, 0.2) is 0 Å². The summed E-state index contributed by atoms with van der Waals surface area (Å²) in [6.45, 7) is 7.27. The molecule has 1 aliphatic heterocycles. The Bertz CT molecular complexity index is 690. The van der Waals surface area contributed by atoms with Crippen LogP contribution in [0.3, 0.4) is 0 Å².